The Morgan fingerprint density at radius 1 is 0.291 bits per heavy atom. The number of benzene rings is 9. The van der Waals surface area contributed by atoms with E-state index in [1.165, 1.54) is 71.3 Å². The molecule has 0 saturated carbocycles. The van der Waals surface area contributed by atoms with Crippen molar-refractivity contribution in [2.24, 2.45) is 0 Å². The minimum absolute atomic E-state index is 0.902. The van der Waals surface area contributed by atoms with Crippen molar-refractivity contribution in [1.82, 2.24) is 9.13 Å². The van der Waals surface area contributed by atoms with Crippen LogP contribution in [0.3, 0.4) is 0 Å². The number of hydrogen-bond donors (Lipinski definition) is 0. The van der Waals surface area contributed by atoms with Crippen LogP contribution in [0.1, 0.15) is 0 Å². The molecule has 0 amide bonds. The monoisotopic (exact) mass is 700 g/mol. The first-order valence-corrected chi connectivity index (χ1v) is 18.8. The van der Waals surface area contributed by atoms with E-state index in [9.17, 15) is 0 Å². The van der Waals surface area contributed by atoms with Gasteiger partial charge in [-0.15, -0.1) is 0 Å². The Morgan fingerprint density at radius 2 is 0.836 bits per heavy atom. The molecule has 55 heavy (non-hydrogen) atoms. The fourth-order valence-corrected chi connectivity index (χ4v) is 9.01. The normalized spacial score (nSPS) is 12.0. The predicted molar refractivity (Wildman–Crippen MR) is 231 cm³/mol. The summed E-state index contributed by atoms with van der Waals surface area (Å²) in [4.78, 5) is 0. The standard InChI is InChI=1S/C52H32N2O/c1-2-13-33(14-3-1)37-29-36-15-4-5-16-38(36)50(32-37)54-46-22-10-7-18-40(46)44-31-35(26-28-48(44)54)34-25-27-47-43(30-34)39-17-6-9-21-45(39)53(47)49-23-12-20-42-41-19-8-11-24-51(41)55-52(42)49/h1-32H. The Hall–Kier alpha value is -7.36. The summed E-state index contributed by atoms with van der Waals surface area (Å²) in [5, 5.41) is 9.63. The fourth-order valence-electron chi connectivity index (χ4n) is 9.01. The van der Waals surface area contributed by atoms with E-state index in [1.54, 1.807) is 0 Å². The first-order chi connectivity index (χ1) is 27.3. The third-order valence-corrected chi connectivity index (χ3v) is 11.5. The van der Waals surface area contributed by atoms with Gasteiger partial charge >= 0.3 is 0 Å². The first-order valence-electron chi connectivity index (χ1n) is 18.8. The maximum Gasteiger partial charge on any atom is 0.159 e. The van der Waals surface area contributed by atoms with Gasteiger partial charge in [0.05, 0.1) is 33.4 Å². The largest absolute Gasteiger partial charge is 0.454 e. The second-order valence-corrected chi connectivity index (χ2v) is 14.5. The molecule has 3 nitrogen and oxygen atoms in total. The summed E-state index contributed by atoms with van der Waals surface area (Å²) in [5.74, 6) is 0. The van der Waals surface area contributed by atoms with Gasteiger partial charge in [-0.1, -0.05) is 133 Å². The number of para-hydroxylation sites is 4. The molecule has 12 aromatic rings. The Balaban J connectivity index is 1.06. The van der Waals surface area contributed by atoms with E-state index in [0.717, 1.165) is 38.7 Å². The van der Waals surface area contributed by atoms with Gasteiger partial charge in [-0.25, -0.2) is 0 Å². The molecule has 3 aromatic heterocycles. The summed E-state index contributed by atoms with van der Waals surface area (Å²) in [6.07, 6.45) is 0. The summed E-state index contributed by atoms with van der Waals surface area (Å²) in [6, 6.07) is 70.3. The molecule has 9 aromatic carbocycles. The predicted octanol–water partition coefficient (Wildman–Crippen LogP) is 14.3. The molecule has 0 fully saturated rings. The Labute approximate surface area is 316 Å². The molecule has 0 aliphatic carbocycles. The molecule has 0 radical (unpaired) electrons. The van der Waals surface area contributed by atoms with Crippen molar-refractivity contribution in [3.63, 3.8) is 0 Å². The zero-order valence-corrected chi connectivity index (χ0v) is 29.8. The van der Waals surface area contributed by atoms with Gasteiger partial charge in [0.15, 0.2) is 5.58 Å². The average Bonchev–Trinajstić information content (AvgIpc) is 3.91. The fraction of sp³-hybridized carbons (Fsp3) is 0. The maximum absolute atomic E-state index is 6.54. The highest BCUT2D eigenvalue weighted by Crippen LogP contribution is 2.42. The highest BCUT2D eigenvalue weighted by atomic mass is 16.3. The smallest absolute Gasteiger partial charge is 0.159 e. The maximum atomic E-state index is 6.54. The molecule has 12 rings (SSSR count). The zero-order chi connectivity index (χ0) is 36.0. The highest BCUT2D eigenvalue weighted by molar-refractivity contribution is 6.15. The van der Waals surface area contributed by atoms with Crippen LogP contribution in [0.5, 0.6) is 0 Å². The lowest BCUT2D eigenvalue weighted by atomic mass is 9.99. The van der Waals surface area contributed by atoms with Gasteiger partial charge < -0.3 is 13.6 Å². The van der Waals surface area contributed by atoms with E-state index in [1.807, 2.05) is 6.07 Å². The summed E-state index contributed by atoms with van der Waals surface area (Å²) < 4.78 is 11.4. The van der Waals surface area contributed by atoms with Crippen molar-refractivity contribution in [3.05, 3.63) is 194 Å². The van der Waals surface area contributed by atoms with E-state index in [-0.39, 0.29) is 0 Å². The van der Waals surface area contributed by atoms with Gasteiger partial charge in [0.1, 0.15) is 5.58 Å². The third kappa shape index (κ3) is 4.44. The summed E-state index contributed by atoms with van der Waals surface area (Å²) in [5.41, 5.74) is 13.5. The van der Waals surface area contributed by atoms with Crippen molar-refractivity contribution < 1.29 is 4.42 Å². The Morgan fingerprint density at radius 3 is 1.55 bits per heavy atom. The third-order valence-electron chi connectivity index (χ3n) is 11.5. The second kappa shape index (κ2) is 11.6. The van der Waals surface area contributed by atoms with Crippen LogP contribution >= 0.6 is 0 Å². The molecular formula is C52H32N2O. The van der Waals surface area contributed by atoms with Crippen molar-refractivity contribution in [1.29, 1.82) is 0 Å². The Bertz CT molecular complexity index is 3490. The topological polar surface area (TPSA) is 23.0 Å². The van der Waals surface area contributed by atoms with Crippen molar-refractivity contribution in [2.45, 2.75) is 0 Å². The molecule has 0 unspecified atom stereocenters. The van der Waals surface area contributed by atoms with Crippen LogP contribution in [0.25, 0.3) is 110 Å². The lowest BCUT2D eigenvalue weighted by Gasteiger charge is -2.15. The molecule has 3 heterocycles. The lowest BCUT2D eigenvalue weighted by Crippen LogP contribution is -1.96. The molecular weight excluding hydrogens is 669 g/mol. The van der Waals surface area contributed by atoms with Gasteiger partial charge in [0.2, 0.25) is 0 Å². The van der Waals surface area contributed by atoms with Crippen LogP contribution < -0.4 is 0 Å². The first kappa shape index (κ1) is 30.1. The van der Waals surface area contributed by atoms with Gasteiger partial charge in [-0.05, 0) is 88.3 Å². The minimum Gasteiger partial charge on any atom is -0.454 e. The van der Waals surface area contributed by atoms with Crippen LogP contribution in [0.4, 0.5) is 0 Å². The average molecular weight is 701 g/mol. The number of furan rings is 1. The molecule has 256 valence electrons. The molecule has 0 N–H and O–H groups in total. The van der Waals surface area contributed by atoms with Crippen molar-refractivity contribution >= 4 is 76.3 Å². The van der Waals surface area contributed by atoms with E-state index in [2.05, 4.69) is 197 Å². The number of hydrogen-bond acceptors (Lipinski definition) is 1. The molecule has 0 spiro atoms. The van der Waals surface area contributed by atoms with Gasteiger partial charge in [-0.3, -0.25) is 0 Å². The molecule has 0 aliphatic heterocycles. The summed E-state index contributed by atoms with van der Waals surface area (Å²) in [7, 11) is 0. The number of aromatic nitrogens is 2. The molecule has 0 atom stereocenters. The number of nitrogens with zero attached hydrogens (tertiary/aromatic N) is 2. The minimum atomic E-state index is 0.902. The zero-order valence-electron chi connectivity index (χ0n) is 29.8. The van der Waals surface area contributed by atoms with Crippen LogP contribution in [0.2, 0.25) is 0 Å². The van der Waals surface area contributed by atoms with E-state index >= 15 is 0 Å². The van der Waals surface area contributed by atoms with Crippen LogP contribution in [-0.4, -0.2) is 9.13 Å². The molecule has 3 heteroatoms. The van der Waals surface area contributed by atoms with E-state index in [4.69, 9.17) is 4.42 Å². The summed E-state index contributed by atoms with van der Waals surface area (Å²) in [6.45, 7) is 0. The van der Waals surface area contributed by atoms with E-state index < -0.39 is 0 Å². The quantitative estimate of drug-likeness (QED) is 0.179. The molecule has 0 bridgehead atoms. The van der Waals surface area contributed by atoms with E-state index in [0.29, 0.717) is 0 Å². The van der Waals surface area contributed by atoms with Crippen LogP contribution in [-0.2, 0) is 0 Å². The Kier molecular flexibility index (Phi) is 6.34. The second-order valence-electron chi connectivity index (χ2n) is 14.5. The summed E-state index contributed by atoms with van der Waals surface area (Å²) >= 11 is 0. The SMILES string of the molecule is c1ccc(-c2cc(-n3c4ccccc4c4cc(-c5ccc6c(c5)c5ccccc5n6-c5cccc6c5oc5ccccc56)ccc43)c3ccccc3c2)cc1. The van der Waals surface area contributed by atoms with Gasteiger partial charge in [0, 0.05) is 37.7 Å². The molecule has 0 saturated heterocycles. The van der Waals surface area contributed by atoms with Gasteiger partial charge in [-0.2, -0.15) is 0 Å². The van der Waals surface area contributed by atoms with Crippen molar-refractivity contribution in [3.8, 4) is 33.6 Å². The number of rotatable bonds is 4. The highest BCUT2D eigenvalue weighted by Gasteiger charge is 2.20. The lowest BCUT2D eigenvalue weighted by molar-refractivity contribution is 0.666. The molecule has 0 aliphatic rings. The van der Waals surface area contributed by atoms with Crippen LogP contribution in [0.15, 0.2) is 199 Å². The van der Waals surface area contributed by atoms with Gasteiger partial charge in [0.25, 0.3) is 0 Å². The number of fused-ring (bicyclic) bond motifs is 10. The van der Waals surface area contributed by atoms with Crippen molar-refractivity contribution in [2.75, 3.05) is 0 Å². The van der Waals surface area contributed by atoms with Crippen LogP contribution in [0, 0.1) is 0 Å².